The van der Waals surface area contributed by atoms with Crippen LogP contribution in [0.1, 0.15) is 42.6 Å². The highest BCUT2D eigenvalue weighted by molar-refractivity contribution is 9.09. The van der Waals surface area contributed by atoms with Crippen LogP contribution < -0.4 is 0 Å². The zero-order chi connectivity index (χ0) is 13.9. The molecule has 0 aromatic heterocycles. The van der Waals surface area contributed by atoms with Gasteiger partial charge >= 0.3 is 0 Å². The number of hydrogen-bond acceptors (Lipinski definition) is 1. The standard InChI is InChI=1S/C16H22BrNO/c1-3-16(4-2,11-17)12-18-10-9-13-7-5-6-8-14(13)15(18)19/h5-8H,3-4,9-12H2,1-2H3. The third-order valence-electron chi connectivity index (χ3n) is 4.50. The van der Waals surface area contributed by atoms with Crippen molar-refractivity contribution in [2.24, 2.45) is 5.41 Å². The number of benzene rings is 1. The molecule has 1 amide bonds. The van der Waals surface area contributed by atoms with Crippen LogP contribution >= 0.6 is 15.9 Å². The highest BCUT2D eigenvalue weighted by Gasteiger charge is 2.32. The summed E-state index contributed by atoms with van der Waals surface area (Å²) in [5.41, 5.74) is 2.30. The van der Waals surface area contributed by atoms with E-state index >= 15 is 0 Å². The molecular formula is C16H22BrNO. The van der Waals surface area contributed by atoms with Crippen molar-refractivity contribution >= 4 is 21.8 Å². The molecule has 0 bridgehead atoms. The van der Waals surface area contributed by atoms with Crippen LogP contribution in [0.5, 0.6) is 0 Å². The van der Waals surface area contributed by atoms with E-state index in [0.29, 0.717) is 0 Å². The van der Waals surface area contributed by atoms with E-state index in [1.54, 1.807) is 0 Å². The second-order valence-electron chi connectivity index (χ2n) is 5.47. The molecule has 1 aliphatic heterocycles. The average Bonchev–Trinajstić information content (AvgIpc) is 2.48. The zero-order valence-corrected chi connectivity index (χ0v) is 13.4. The topological polar surface area (TPSA) is 20.3 Å². The Hall–Kier alpha value is -0.830. The first kappa shape index (κ1) is 14.6. The summed E-state index contributed by atoms with van der Waals surface area (Å²) < 4.78 is 0. The zero-order valence-electron chi connectivity index (χ0n) is 11.8. The fraction of sp³-hybridized carbons (Fsp3) is 0.562. The van der Waals surface area contributed by atoms with E-state index in [1.807, 2.05) is 23.1 Å². The van der Waals surface area contributed by atoms with Crippen LogP contribution in [-0.4, -0.2) is 29.2 Å². The predicted octanol–water partition coefficient (Wildman–Crippen LogP) is 3.89. The van der Waals surface area contributed by atoms with Crippen LogP contribution in [0.15, 0.2) is 24.3 Å². The normalized spacial score (nSPS) is 15.5. The molecule has 1 heterocycles. The van der Waals surface area contributed by atoms with Gasteiger partial charge in [0.1, 0.15) is 0 Å². The molecule has 0 atom stereocenters. The van der Waals surface area contributed by atoms with Crippen molar-refractivity contribution in [2.75, 3.05) is 18.4 Å². The Bertz CT molecular complexity index is 446. The van der Waals surface area contributed by atoms with Gasteiger partial charge in [-0.15, -0.1) is 0 Å². The van der Waals surface area contributed by atoms with E-state index in [1.165, 1.54) is 5.56 Å². The largest absolute Gasteiger partial charge is 0.338 e. The van der Waals surface area contributed by atoms with Crippen LogP contribution in [0.3, 0.4) is 0 Å². The summed E-state index contributed by atoms with van der Waals surface area (Å²) in [4.78, 5) is 14.6. The van der Waals surface area contributed by atoms with E-state index in [2.05, 4.69) is 35.8 Å². The first-order valence-corrected chi connectivity index (χ1v) is 8.21. The van der Waals surface area contributed by atoms with E-state index in [4.69, 9.17) is 0 Å². The summed E-state index contributed by atoms with van der Waals surface area (Å²) in [6, 6.07) is 8.00. The van der Waals surface area contributed by atoms with Crippen molar-refractivity contribution in [2.45, 2.75) is 33.1 Å². The number of fused-ring (bicyclic) bond motifs is 1. The molecule has 1 aromatic carbocycles. The highest BCUT2D eigenvalue weighted by atomic mass is 79.9. The fourth-order valence-corrected chi connectivity index (χ4v) is 3.71. The predicted molar refractivity (Wildman–Crippen MR) is 82.9 cm³/mol. The first-order valence-electron chi connectivity index (χ1n) is 7.09. The minimum Gasteiger partial charge on any atom is -0.338 e. The molecule has 104 valence electrons. The number of amides is 1. The van der Waals surface area contributed by atoms with E-state index in [9.17, 15) is 4.79 Å². The van der Waals surface area contributed by atoms with Gasteiger partial charge in [-0.3, -0.25) is 4.79 Å². The second-order valence-corrected chi connectivity index (χ2v) is 6.04. The van der Waals surface area contributed by atoms with Gasteiger partial charge in [-0.25, -0.2) is 0 Å². The number of hydrogen-bond donors (Lipinski definition) is 0. The molecule has 19 heavy (non-hydrogen) atoms. The molecule has 0 spiro atoms. The van der Waals surface area contributed by atoms with E-state index in [0.717, 1.165) is 43.2 Å². The van der Waals surface area contributed by atoms with Gasteiger partial charge in [0, 0.05) is 24.0 Å². The van der Waals surface area contributed by atoms with Gasteiger partial charge in [-0.1, -0.05) is 48.0 Å². The summed E-state index contributed by atoms with van der Waals surface area (Å²) in [5.74, 6) is 0.203. The minimum absolute atomic E-state index is 0.203. The van der Waals surface area contributed by atoms with Crippen LogP contribution in [0.4, 0.5) is 0 Å². The third-order valence-corrected chi connectivity index (χ3v) is 5.69. The minimum atomic E-state index is 0.203. The van der Waals surface area contributed by atoms with Crippen molar-refractivity contribution in [1.29, 1.82) is 0 Å². The quantitative estimate of drug-likeness (QED) is 0.753. The maximum absolute atomic E-state index is 12.6. The third kappa shape index (κ3) is 2.86. The lowest BCUT2D eigenvalue weighted by molar-refractivity contribution is 0.0648. The summed E-state index contributed by atoms with van der Waals surface area (Å²) in [5, 5.41) is 0.957. The molecule has 0 radical (unpaired) electrons. The fourth-order valence-electron chi connectivity index (χ4n) is 2.73. The van der Waals surface area contributed by atoms with Gasteiger partial charge in [-0.2, -0.15) is 0 Å². The van der Waals surface area contributed by atoms with E-state index < -0.39 is 0 Å². The molecule has 0 saturated carbocycles. The van der Waals surface area contributed by atoms with Crippen molar-refractivity contribution in [3.63, 3.8) is 0 Å². The molecule has 1 aliphatic rings. The molecule has 0 fully saturated rings. The number of rotatable bonds is 5. The number of alkyl halides is 1. The van der Waals surface area contributed by atoms with Gasteiger partial charge in [0.15, 0.2) is 0 Å². The molecule has 0 N–H and O–H groups in total. The molecule has 1 aromatic rings. The monoisotopic (exact) mass is 323 g/mol. The summed E-state index contributed by atoms with van der Waals surface area (Å²) in [7, 11) is 0. The van der Waals surface area contributed by atoms with Crippen LogP contribution in [0.2, 0.25) is 0 Å². The number of nitrogens with zero attached hydrogens (tertiary/aromatic N) is 1. The smallest absolute Gasteiger partial charge is 0.254 e. The van der Waals surface area contributed by atoms with E-state index in [-0.39, 0.29) is 11.3 Å². The Balaban J connectivity index is 2.18. The van der Waals surface area contributed by atoms with Crippen LogP contribution in [0.25, 0.3) is 0 Å². The van der Waals surface area contributed by atoms with Crippen molar-refractivity contribution < 1.29 is 4.79 Å². The Morgan fingerprint density at radius 3 is 2.58 bits per heavy atom. The molecule has 0 unspecified atom stereocenters. The highest BCUT2D eigenvalue weighted by Crippen LogP contribution is 2.31. The molecule has 2 nitrogen and oxygen atoms in total. The van der Waals surface area contributed by atoms with Gasteiger partial charge in [0.05, 0.1) is 0 Å². The molecule has 2 rings (SSSR count). The maximum atomic E-state index is 12.6. The Morgan fingerprint density at radius 2 is 1.95 bits per heavy atom. The lowest BCUT2D eigenvalue weighted by Gasteiger charge is -2.38. The lowest BCUT2D eigenvalue weighted by atomic mass is 9.83. The Morgan fingerprint density at radius 1 is 1.26 bits per heavy atom. The van der Waals surface area contributed by atoms with Gasteiger partial charge in [0.2, 0.25) is 0 Å². The SMILES string of the molecule is CCC(CC)(CBr)CN1CCc2ccccc2C1=O. The molecule has 0 saturated heterocycles. The van der Waals surface area contributed by atoms with Gasteiger partial charge < -0.3 is 4.90 Å². The van der Waals surface area contributed by atoms with Crippen molar-refractivity contribution in [1.82, 2.24) is 4.90 Å². The maximum Gasteiger partial charge on any atom is 0.254 e. The van der Waals surface area contributed by atoms with Crippen molar-refractivity contribution in [3.05, 3.63) is 35.4 Å². The summed E-state index contributed by atoms with van der Waals surface area (Å²) in [6.45, 7) is 6.14. The van der Waals surface area contributed by atoms with Crippen molar-refractivity contribution in [3.8, 4) is 0 Å². The Kier molecular flexibility index (Phi) is 4.67. The summed E-state index contributed by atoms with van der Waals surface area (Å²) >= 11 is 3.63. The number of carbonyl (C=O) groups is 1. The van der Waals surface area contributed by atoms with Crippen LogP contribution in [-0.2, 0) is 6.42 Å². The lowest BCUT2D eigenvalue weighted by Crippen LogP contribution is -2.45. The average molecular weight is 324 g/mol. The number of carbonyl (C=O) groups excluding carboxylic acids is 1. The first-order chi connectivity index (χ1) is 9.15. The molecule has 0 aliphatic carbocycles. The summed E-state index contributed by atoms with van der Waals surface area (Å²) in [6.07, 6.45) is 3.17. The van der Waals surface area contributed by atoms with Crippen LogP contribution in [0, 0.1) is 5.41 Å². The Labute approximate surface area is 124 Å². The second kappa shape index (κ2) is 6.08. The van der Waals surface area contributed by atoms with Gasteiger partial charge in [0.25, 0.3) is 5.91 Å². The molecule has 3 heteroatoms. The van der Waals surface area contributed by atoms with Gasteiger partial charge in [-0.05, 0) is 36.3 Å². The molecular weight excluding hydrogens is 302 g/mol. The number of halogens is 1.